The first-order valence-electron chi connectivity index (χ1n) is 7.94. The third-order valence-electron chi connectivity index (χ3n) is 4.76. The Labute approximate surface area is 130 Å². The first-order valence-corrected chi connectivity index (χ1v) is 8.75. The molecular weight excluding hydrogens is 282 g/mol. The van der Waals surface area contributed by atoms with Crippen molar-refractivity contribution in [2.45, 2.75) is 44.4 Å². The van der Waals surface area contributed by atoms with Crippen molar-refractivity contribution in [1.82, 2.24) is 10.2 Å². The Bertz CT molecular complexity index is 560. The summed E-state index contributed by atoms with van der Waals surface area (Å²) in [5.74, 6) is 0.801. The molecule has 1 N–H and O–H groups in total. The van der Waals surface area contributed by atoms with Gasteiger partial charge in [-0.1, -0.05) is 0 Å². The molecule has 0 radical (unpaired) electrons. The van der Waals surface area contributed by atoms with Gasteiger partial charge in [-0.15, -0.1) is 11.3 Å². The van der Waals surface area contributed by atoms with E-state index >= 15 is 0 Å². The van der Waals surface area contributed by atoms with Crippen LogP contribution in [0.3, 0.4) is 0 Å². The highest BCUT2D eigenvalue weighted by Gasteiger charge is 2.35. The minimum Gasteiger partial charge on any atom is -0.351 e. The van der Waals surface area contributed by atoms with Crippen LogP contribution in [0.15, 0.2) is 4.99 Å². The van der Waals surface area contributed by atoms with Gasteiger partial charge in [0, 0.05) is 17.0 Å². The molecule has 4 rings (SSSR count). The van der Waals surface area contributed by atoms with Crippen molar-refractivity contribution in [3.05, 3.63) is 16.0 Å². The van der Waals surface area contributed by atoms with Gasteiger partial charge in [-0.25, -0.2) is 4.99 Å². The van der Waals surface area contributed by atoms with Crippen molar-refractivity contribution in [2.75, 3.05) is 20.6 Å². The zero-order chi connectivity index (χ0) is 14.4. The van der Waals surface area contributed by atoms with Gasteiger partial charge >= 0.3 is 0 Å². The average Bonchev–Trinajstić information content (AvgIpc) is 2.95. The Morgan fingerprint density at radius 3 is 3.05 bits per heavy atom. The summed E-state index contributed by atoms with van der Waals surface area (Å²) < 4.78 is 6.33. The van der Waals surface area contributed by atoms with E-state index in [1.807, 2.05) is 17.7 Å². The lowest BCUT2D eigenvalue weighted by molar-refractivity contribution is -0.0862. The number of aryl methyl sites for hydroxylation is 1. The second-order valence-corrected chi connectivity index (χ2v) is 7.82. The lowest BCUT2D eigenvalue weighted by atomic mass is 9.82. The molecule has 114 valence electrons. The predicted molar refractivity (Wildman–Crippen MR) is 86.5 cm³/mol. The summed E-state index contributed by atoms with van der Waals surface area (Å²) in [6.45, 7) is 1.18. The summed E-state index contributed by atoms with van der Waals surface area (Å²) in [5, 5.41) is 4.50. The Morgan fingerprint density at radius 2 is 2.24 bits per heavy atom. The van der Waals surface area contributed by atoms with Crippen LogP contribution in [0.1, 0.15) is 41.5 Å². The van der Waals surface area contributed by atoms with Crippen LogP contribution in [0.2, 0.25) is 0 Å². The molecule has 21 heavy (non-hydrogen) atoms. The molecule has 1 fully saturated rings. The molecule has 1 aliphatic heterocycles. The zero-order valence-electron chi connectivity index (χ0n) is 12.8. The third-order valence-corrected chi connectivity index (χ3v) is 5.97. The van der Waals surface area contributed by atoms with Crippen LogP contribution in [-0.4, -0.2) is 38.0 Å². The zero-order valence-corrected chi connectivity index (χ0v) is 13.6. The lowest BCUT2D eigenvalue weighted by Crippen LogP contribution is -2.40. The number of hydrogen-bond acceptors (Lipinski definition) is 5. The standard InChI is InChI=1S/C16H23N3OS/c1-19(2)8-10-6-11(7-10)20-15-14-12-4-3-5-13(12)21-16(14)18-9-17-15/h9-11,15H,3-8H2,1-2H3,(H,17,18). The van der Waals surface area contributed by atoms with E-state index in [1.165, 1.54) is 59.7 Å². The van der Waals surface area contributed by atoms with Crippen molar-refractivity contribution in [2.24, 2.45) is 10.9 Å². The number of thiophene rings is 1. The van der Waals surface area contributed by atoms with Crippen molar-refractivity contribution in [3.63, 3.8) is 0 Å². The predicted octanol–water partition coefficient (Wildman–Crippen LogP) is 2.86. The third kappa shape index (κ3) is 2.51. The molecule has 1 atom stereocenters. The normalized spacial score (nSPS) is 30.0. The molecule has 2 heterocycles. The summed E-state index contributed by atoms with van der Waals surface area (Å²) in [6.07, 6.45) is 8.35. The molecule has 5 heteroatoms. The number of nitrogens with one attached hydrogen (secondary N) is 1. The molecule has 0 amide bonds. The van der Waals surface area contributed by atoms with Gasteiger partial charge in [0.1, 0.15) is 5.00 Å². The minimum absolute atomic E-state index is 0.0286. The number of aliphatic imine (C=N–C) groups is 1. The summed E-state index contributed by atoms with van der Waals surface area (Å²) in [4.78, 5) is 8.32. The van der Waals surface area contributed by atoms with Crippen LogP contribution >= 0.6 is 11.3 Å². The Kier molecular flexibility index (Phi) is 3.52. The second-order valence-electron chi connectivity index (χ2n) is 6.74. The van der Waals surface area contributed by atoms with Gasteiger partial charge in [0.25, 0.3) is 0 Å². The van der Waals surface area contributed by atoms with E-state index in [4.69, 9.17) is 4.74 Å². The fourth-order valence-electron chi connectivity index (χ4n) is 3.78. The van der Waals surface area contributed by atoms with E-state index in [0.717, 1.165) is 5.92 Å². The van der Waals surface area contributed by atoms with Crippen molar-refractivity contribution < 1.29 is 4.74 Å². The summed E-state index contributed by atoms with van der Waals surface area (Å²) >= 11 is 1.87. The molecule has 1 aromatic heterocycles. The van der Waals surface area contributed by atoms with Gasteiger partial charge in [-0.3, -0.25) is 0 Å². The molecule has 1 aromatic rings. The van der Waals surface area contributed by atoms with E-state index in [1.54, 1.807) is 0 Å². The van der Waals surface area contributed by atoms with E-state index in [0.29, 0.717) is 6.10 Å². The fraction of sp³-hybridized carbons (Fsp3) is 0.688. The summed E-state index contributed by atoms with van der Waals surface area (Å²) in [7, 11) is 4.29. The highest BCUT2D eigenvalue weighted by atomic mass is 32.1. The summed E-state index contributed by atoms with van der Waals surface area (Å²) in [5.41, 5.74) is 2.86. The SMILES string of the molecule is CN(C)CC1CC(OC2NC=Nc3sc4c(c32)CCC4)C1. The maximum absolute atomic E-state index is 6.33. The van der Waals surface area contributed by atoms with Gasteiger partial charge in [-0.2, -0.15) is 0 Å². The van der Waals surface area contributed by atoms with E-state index in [9.17, 15) is 0 Å². The van der Waals surface area contributed by atoms with Crippen LogP contribution < -0.4 is 5.32 Å². The van der Waals surface area contributed by atoms with E-state index in [-0.39, 0.29) is 6.23 Å². The smallest absolute Gasteiger partial charge is 0.158 e. The quantitative estimate of drug-likeness (QED) is 0.929. The van der Waals surface area contributed by atoms with Gasteiger partial charge < -0.3 is 15.0 Å². The maximum Gasteiger partial charge on any atom is 0.158 e. The van der Waals surface area contributed by atoms with Crippen LogP contribution in [0.25, 0.3) is 0 Å². The lowest BCUT2D eigenvalue weighted by Gasteiger charge is -2.39. The molecule has 0 aromatic carbocycles. The molecule has 2 aliphatic carbocycles. The highest BCUT2D eigenvalue weighted by Crippen LogP contribution is 2.46. The van der Waals surface area contributed by atoms with Gasteiger partial charge in [0.2, 0.25) is 0 Å². The van der Waals surface area contributed by atoms with Gasteiger partial charge in [0.05, 0.1) is 12.4 Å². The molecule has 3 aliphatic rings. The first kappa shape index (κ1) is 13.7. The molecule has 4 nitrogen and oxygen atoms in total. The fourth-order valence-corrected chi connectivity index (χ4v) is 5.04. The highest BCUT2D eigenvalue weighted by molar-refractivity contribution is 7.16. The van der Waals surface area contributed by atoms with Crippen LogP contribution in [-0.2, 0) is 17.6 Å². The van der Waals surface area contributed by atoms with Crippen molar-refractivity contribution in [3.8, 4) is 0 Å². The molecular formula is C16H23N3OS. The molecule has 0 spiro atoms. The maximum atomic E-state index is 6.33. The molecule has 1 unspecified atom stereocenters. The number of hydrogen-bond donors (Lipinski definition) is 1. The van der Waals surface area contributed by atoms with E-state index < -0.39 is 0 Å². The monoisotopic (exact) mass is 305 g/mol. The Balaban J connectivity index is 1.43. The van der Waals surface area contributed by atoms with Crippen LogP contribution in [0.5, 0.6) is 0 Å². The Morgan fingerprint density at radius 1 is 1.38 bits per heavy atom. The summed E-state index contributed by atoms with van der Waals surface area (Å²) in [6, 6.07) is 0. The topological polar surface area (TPSA) is 36.9 Å². The van der Waals surface area contributed by atoms with Crippen LogP contribution in [0.4, 0.5) is 5.00 Å². The molecule has 0 bridgehead atoms. The minimum atomic E-state index is 0.0286. The van der Waals surface area contributed by atoms with E-state index in [2.05, 4.69) is 29.3 Å². The number of nitrogens with zero attached hydrogens (tertiary/aromatic N) is 2. The Hall–Kier alpha value is -0.910. The largest absolute Gasteiger partial charge is 0.351 e. The second kappa shape index (κ2) is 5.38. The molecule has 0 saturated heterocycles. The van der Waals surface area contributed by atoms with Crippen molar-refractivity contribution >= 4 is 22.7 Å². The number of fused-ring (bicyclic) bond motifs is 3. The molecule has 1 saturated carbocycles. The number of ether oxygens (including phenoxy) is 1. The first-order chi connectivity index (χ1) is 10.2. The van der Waals surface area contributed by atoms with Crippen molar-refractivity contribution in [1.29, 1.82) is 0 Å². The van der Waals surface area contributed by atoms with Crippen LogP contribution in [0, 0.1) is 5.92 Å². The van der Waals surface area contributed by atoms with Gasteiger partial charge in [-0.05, 0) is 57.7 Å². The number of rotatable bonds is 4. The average molecular weight is 305 g/mol. The van der Waals surface area contributed by atoms with Gasteiger partial charge in [0.15, 0.2) is 6.23 Å².